The number of hydrogen-bond donors (Lipinski definition) is 1. The number of benzene rings is 1. The normalized spacial score (nSPS) is 11.3. The molecule has 1 aromatic heterocycles. The number of pyridine rings is 1. The molecule has 0 aliphatic rings. The zero-order chi connectivity index (χ0) is 14.0. The Bertz CT molecular complexity index is 717. The first-order valence-corrected chi connectivity index (χ1v) is 7.53. The first-order chi connectivity index (χ1) is 8.88. The summed E-state index contributed by atoms with van der Waals surface area (Å²) in [5.74, 6) is 0. The summed E-state index contributed by atoms with van der Waals surface area (Å²) in [5, 5.41) is 0.694. The van der Waals surface area contributed by atoms with Gasteiger partial charge >= 0.3 is 0 Å². The van der Waals surface area contributed by atoms with E-state index in [0.29, 0.717) is 21.4 Å². The molecular formula is C12H10Cl2N2O2S. The van der Waals surface area contributed by atoms with Gasteiger partial charge in [0.1, 0.15) is 5.15 Å². The van der Waals surface area contributed by atoms with E-state index >= 15 is 0 Å². The molecule has 19 heavy (non-hydrogen) atoms. The van der Waals surface area contributed by atoms with Crippen LogP contribution >= 0.6 is 23.2 Å². The molecule has 0 saturated heterocycles. The van der Waals surface area contributed by atoms with E-state index in [1.54, 1.807) is 25.1 Å². The molecule has 0 unspecified atom stereocenters. The van der Waals surface area contributed by atoms with Gasteiger partial charge in [0.25, 0.3) is 10.0 Å². The highest BCUT2D eigenvalue weighted by molar-refractivity contribution is 7.92. The molecule has 0 spiro atoms. The summed E-state index contributed by atoms with van der Waals surface area (Å²) in [5.41, 5.74) is 1.04. The summed E-state index contributed by atoms with van der Waals surface area (Å²) in [6.45, 7) is 1.74. The van der Waals surface area contributed by atoms with E-state index in [9.17, 15) is 8.42 Å². The second-order valence-corrected chi connectivity index (χ2v) is 6.37. The van der Waals surface area contributed by atoms with Crippen LogP contribution in [0.5, 0.6) is 0 Å². The van der Waals surface area contributed by atoms with Crippen LogP contribution in [0, 0.1) is 6.92 Å². The van der Waals surface area contributed by atoms with Crippen LogP contribution in [0.2, 0.25) is 10.2 Å². The molecule has 0 saturated carbocycles. The Morgan fingerprint density at radius 1 is 1.21 bits per heavy atom. The second kappa shape index (κ2) is 5.36. The lowest BCUT2D eigenvalue weighted by molar-refractivity contribution is 0.601. The minimum Gasteiger partial charge on any atom is -0.278 e. The molecule has 2 rings (SSSR count). The Morgan fingerprint density at radius 3 is 2.58 bits per heavy atom. The van der Waals surface area contributed by atoms with Crippen LogP contribution in [0.4, 0.5) is 5.69 Å². The van der Waals surface area contributed by atoms with Gasteiger partial charge in [-0.1, -0.05) is 29.3 Å². The van der Waals surface area contributed by atoms with Crippen molar-refractivity contribution >= 4 is 38.9 Å². The minimum atomic E-state index is -3.68. The first kappa shape index (κ1) is 14.1. The molecule has 4 nitrogen and oxygen atoms in total. The van der Waals surface area contributed by atoms with Crippen LogP contribution in [0.25, 0.3) is 0 Å². The number of aryl methyl sites for hydroxylation is 1. The standard InChI is InChI=1S/C12H10Cl2N2O2S/c1-8-5-10(7-15-12(8)14)16-19(17,18)11-4-2-3-9(13)6-11/h2-7,16H,1H3. The van der Waals surface area contributed by atoms with Gasteiger partial charge in [0.15, 0.2) is 0 Å². The molecule has 0 radical (unpaired) electrons. The van der Waals surface area contributed by atoms with Crippen LogP contribution in [0.15, 0.2) is 41.4 Å². The van der Waals surface area contributed by atoms with Gasteiger partial charge in [-0.05, 0) is 36.8 Å². The molecule has 1 aromatic carbocycles. The molecule has 100 valence electrons. The van der Waals surface area contributed by atoms with Crippen molar-refractivity contribution in [3.8, 4) is 0 Å². The smallest absolute Gasteiger partial charge is 0.261 e. The van der Waals surface area contributed by atoms with Crippen LogP contribution in [-0.2, 0) is 10.0 Å². The molecule has 7 heteroatoms. The average molecular weight is 317 g/mol. The van der Waals surface area contributed by atoms with Crippen LogP contribution in [0.1, 0.15) is 5.56 Å². The van der Waals surface area contributed by atoms with Gasteiger partial charge in [-0.15, -0.1) is 0 Å². The van der Waals surface area contributed by atoms with E-state index < -0.39 is 10.0 Å². The summed E-state index contributed by atoms with van der Waals surface area (Å²) in [6.07, 6.45) is 1.36. The highest BCUT2D eigenvalue weighted by atomic mass is 35.5. The maximum Gasteiger partial charge on any atom is 0.261 e. The highest BCUT2D eigenvalue weighted by Crippen LogP contribution is 2.21. The van der Waals surface area contributed by atoms with Crippen LogP contribution in [0.3, 0.4) is 0 Å². The molecule has 2 aromatic rings. The van der Waals surface area contributed by atoms with E-state index in [1.807, 2.05) is 0 Å². The minimum absolute atomic E-state index is 0.0904. The van der Waals surface area contributed by atoms with Crippen LogP contribution in [-0.4, -0.2) is 13.4 Å². The van der Waals surface area contributed by atoms with E-state index in [1.165, 1.54) is 18.3 Å². The number of nitrogens with zero attached hydrogens (tertiary/aromatic N) is 1. The van der Waals surface area contributed by atoms with Crippen molar-refractivity contribution in [1.29, 1.82) is 0 Å². The van der Waals surface area contributed by atoms with Crippen molar-refractivity contribution in [2.45, 2.75) is 11.8 Å². The predicted octanol–water partition coefficient (Wildman–Crippen LogP) is 3.50. The molecule has 0 aliphatic carbocycles. The van der Waals surface area contributed by atoms with E-state index in [-0.39, 0.29) is 4.90 Å². The lowest BCUT2D eigenvalue weighted by Crippen LogP contribution is -2.13. The van der Waals surface area contributed by atoms with Gasteiger partial charge in [0.2, 0.25) is 0 Å². The molecule has 0 aliphatic heterocycles. The lowest BCUT2D eigenvalue weighted by Gasteiger charge is -2.09. The summed E-state index contributed by atoms with van der Waals surface area (Å²) in [6, 6.07) is 7.62. The topological polar surface area (TPSA) is 59.1 Å². The van der Waals surface area contributed by atoms with Crippen molar-refractivity contribution in [3.05, 3.63) is 52.3 Å². The summed E-state index contributed by atoms with van der Waals surface area (Å²) in [7, 11) is -3.68. The number of hydrogen-bond acceptors (Lipinski definition) is 3. The van der Waals surface area contributed by atoms with E-state index in [4.69, 9.17) is 23.2 Å². The fourth-order valence-electron chi connectivity index (χ4n) is 1.46. The third-order valence-corrected chi connectivity index (χ3v) is 4.38. The zero-order valence-electron chi connectivity index (χ0n) is 9.89. The van der Waals surface area contributed by atoms with Gasteiger partial charge in [-0.25, -0.2) is 13.4 Å². The summed E-state index contributed by atoms with van der Waals surface area (Å²) in [4.78, 5) is 3.98. The molecule has 0 bridgehead atoms. The fourth-order valence-corrected chi connectivity index (χ4v) is 2.90. The fraction of sp³-hybridized carbons (Fsp3) is 0.0833. The number of anilines is 1. The zero-order valence-corrected chi connectivity index (χ0v) is 12.2. The lowest BCUT2D eigenvalue weighted by atomic mass is 10.3. The van der Waals surface area contributed by atoms with Crippen molar-refractivity contribution in [3.63, 3.8) is 0 Å². The van der Waals surface area contributed by atoms with Crippen molar-refractivity contribution in [2.75, 3.05) is 4.72 Å². The Balaban J connectivity index is 2.33. The van der Waals surface area contributed by atoms with Gasteiger partial charge < -0.3 is 0 Å². The van der Waals surface area contributed by atoms with E-state index in [2.05, 4.69) is 9.71 Å². The van der Waals surface area contributed by atoms with Gasteiger partial charge in [0, 0.05) is 5.02 Å². The van der Waals surface area contributed by atoms with Gasteiger partial charge in [-0.2, -0.15) is 0 Å². The third-order valence-electron chi connectivity index (χ3n) is 2.37. The summed E-state index contributed by atoms with van der Waals surface area (Å²) < 4.78 is 26.7. The summed E-state index contributed by atoms with van der Waals surface area (Å²) >= 11 is 11.6. The molecule has 0 fully saturated rings. The Hall–Kier alpha value is -1.30. The van der Waals surface area contributed by atoms with Crippen molar-refractivity contribution in [2.24, 2.45) is 0 Å². The number of aromatic nitrogens is 1. The Kier molecular flexibility index (Phi) is 3.99. The monoisotopic (exact) mass is 316 g/mol. The molecular weight excluding hydrogens is 307 g/mol. The largest absolute Gasteiger partial charge is 0.278 e. The molecule has 1 N–H and O–H groups in total. The predicted molar refractivity (Wildman–Crippen MR) is 76.2 cm³/mol. The molecule has 0 amide bonds. The average Bonchev–Trinajstić information content (AvgIpc) is 2.33. The number of rotatable bonds is 3. The molecule has 1 heterocycles. The van der Waals surface area contributed by atoms with Gasteiger partial charge in [0.05, 0.1) is 16.8 Å². The third kappa shape index (κ3) is 3.37. The highest BCUT2D eigenvalue weighted by Gasteiger charge is 2.15. The number of sulfonamides is 1. The maximum absolute atomic E-state index is 12.1. The SMILES string of the molecule is Cc1cc(NS(=O)(=O)c2cccc(Cl)c2)cnc1Cl. The quantitative estimate of drug-likeness (QED) is 0.882. The number of halogens is 2. The van der Waals surface area contributed by atoms with Crippen LogP contribution < -0.4 is 4.72 Å². The van der Waals surface area contributed by atoms with Gasteiger partial charge in [-0.3, -0.25) is 4.72 Å². The maximum atomic E-state index is 12.1. The van der Waals surface area contributed by atoms with Crippen molar-refractivity contribution < 1.29 is 8.42 Å². The first-order valence-electron chi connectivity index (χ1n) is 5.29. The van der Waals surface area contributed by atoms with Crippen molar-refractivity contribution in [1.82, 2.24) is 4.98 Å². The Morgan fingerprint density at radius 2 is 1.95 bits per heavy atom. The molecule has 0 atom stereocenters. The second-order valence-electron chi connectivity index (χ2n) is 3.89. The Labute approximate surface area is 121 Å². The van der Waals surface area contributed by atoms with E-state index in [0.717, 1.165) is 0 Å². The number of nitrogens with one attached hydrogen (secondary N) is 1.